The summed E-state index contributed by atoms with van der Waals surface area (Å²) in [5.74, 6) is 0. The van der Waals surface area contributed by atoms with Crippen molar-refractivity contribution in [2.45, 2.75) is 6.92 Å². The van der Waals surface area contributed by atoms with Crippen LogP contribution in [0.4, 0.5) is 0 Å². The van der Waals surface area contributed by atoms with Crippen LogP contribution >= 0.6 is 0 Å². The molecule has 2 rings (SSSR count). The number of likely N-dealkylation sites (N-methyl/N-ethyl adjacent to an activating group) is 1. The van der Waals surface area contributed by atoms with Gasteiger partial charge in [0.15, 0.2) is 0 Å². The van der Waals surface area contributed by atoms with Crippen LogP contribution in [0.2, 0.25) is 0 Å². The lowest BCUT2D eigenvalue weighted by Crippen LogP contribution is -2.15. The van der Waals surface area contributed by atoms with E-state index in [9.17, 15) is 0 Å². The number of hydrogen-bond acceptors (Lipinski definition) is 2. The monoisotopic (exact) mass is 178 g/mol. The van der Waals surface area contributed by atoms with E-state index in [1.165, 1.54) is 12.1 Å². The lowest BCUT2D eigenvalue weighted by molar-refractivity contribution is 0.412. The average Bonchev–Trinajstić information content (AvgIpc) is 2.58. The number of benzene rings is 1. The van der Waals surface area contributed by atoms with Crippen LogP contribution in [-0.2, 0) is 0 Å². The van der Waals surface area contributed by atoms with Gasteiger partial charge in [-0.05, 0) is 14.0 Å². The van der Waals surface area contributed by atoms with Gasteiger partial charge in [-0.1, -0.05) is 35.9 Å². The molecule has 1 heterocycles. The Morgan fingerprint density at radius 3 is 2.15 bits per heavy atom. The van der Waals surface area contributed by atoms with Gasteiger partial charge in [-0.15, -0.1) is 0 Å². The smallest absolute Gasteiger partial charge is 0.0478 e. The number of nitrogens with one attached hydrogen (secondary N) is 1. The molecule has 72 valence electrons. The summed E-state index contributed by atoms with van der Waals surface area (Å²) in [7, 11) is 2.11. The highest BCUT2D eigenvalue weighted by Crippen LogP contribution is 1.92. The van der Waals surface area contributed by atoms with E-state index in [0.717, 1.165) is 13.2 Å². The first-order valence-electron chi connectivity index (χ1n) is 4.70. The third-order valence-electron chi connectivity index (χ3n) is 1.99. The van der Waals surface area contributed by atoms with Crippen LogP contribution in [0.5, 0.6) is 0 Å². The Morgan fingerprint density at radius 1 is 1.23 bits per heavy atom. The molecule has 0 atom stereocenters. The van der Waals surface area contributed by atoms with E-state index in [0.29, 0.717) is 0 Å². The second-order valence-corrected chi connectivity index (χ2v) is 3.39. The van der Waals surface area contributed by atoms with E-state index in [2.05, 4.69) is 36.3 Å². The highest BCUT2D eigenvalue weighted by atomic mass is 15.3. The van der Waals surface area contributed by atoms with Crippen molar-refractivity contribution in [3.63, 3.8) is 0 Å². The molecule has 1 fully saturated rings. The minimum atomic E-state index is 1.07. The maximum Gasteiger partial charge on any atom is 0.0478 e. The SMILES string of the molecule is CN1CCNC1.Cc1ccccc1. The molecule has 1 aromatic rings. The summed E-state index contributed by atoms with van der Waals surface area (Å²) in [5.41, 5.74) is 1.32. The van der Waals surface area contributed by atoms with Crippen molar-refractivity contribution in [3.05, 3.63) is 35.9 Å². The van der Waals surface area contributed by atoms with E-state index in [4.69, 9.17) is 0 Å². The van der Waals surface area contributed by atoms with Gasteiger partial charge in [0, 0.05) is 19.8 Å². The molecule has 0 saturated carbocycles. The molecule has 0 bridgehead atoms. The number of rotatable bonds is 0. The molecule has 0 amide bonds. The van der Waals surface area contributed by atoms with Gasteiger partial charge in [-0.25, -0.2) is 0 Å². The molecule has 1 aliphatic rings. The zero-order valence-corrected chi connectivity index (χ0v) is 8.46. The van der Waals surface area contributed by atoms with Crippen molar-refractivity contribution < 1.29 is 0 Å². The van der Waals surface area contributed by atoms with Crippen LogP contribution in [0.3, 0.4) is 0 Å². The molecule has 1 aromatic carbocycles. The van der Waals surface area contributed by atoms with Crippen molar-refractivity contribution in [2.75, 3.05) is 26.8 Å². The second-order valence-electron chi connectivity index (χ2n) is 3.39. The maximum absolute atomic E-state index is 3.20. The van der Waals surface area contributed by atoms with E-state index in [1.54, 1.807) is 0 Å². The molecule has 0 radical (unpaired) electrons. The molecular weight excluding hydrogens is 160 g/mol. The predicted octanol–water partition coefficient (Wildman–Crippen LogP) is 1.47. The van der Waals surface area contributed by atoms with Gasteiger partial charge in [-0.2, -0.15) is 0 Å². The summed E-state index contributed by atoms with van der Waals surface area (Å²) < 4.78 is 0. The van der Waals surface area contributed by atoms with Gasteiger partial charge in [0.25, 0.3) is 0 Å². The Bertz CT molecular complexity index is 215. The van der Waals surface area contributed by atoms with Gasteiger partial charge < -0.3 is 5.32 Å². The number of aryl methyl sites for hydroxylation is 1. The van der Waals surface area contributed by atoms with Crippen LogP contribution in [0.1, 0.15) is 5.56 Å². The van der Waals surface area contributed by atoms with Gasteiger partial charge in [-0.3, -0.25) is 4.90 Å². The first-order chi connectivity index (χ1) is 6.29. The second kappa shape index (κ2) is 5.73. The van der Waals surface area contributed by atoms with Crippen molar-refractivity contribution in [3.8, 4) is 0 Å². The normalized spacial score (nSPS) is 16.5. The zero-order chi connectivity index (χ0) is 9.52. The Balaban J connectivity index is 0.000000132. The zero-order valence-electron chi connectivity index (χ0n) is 8.46. The van der Waals surface area contributed by atoms with Gasteiger partial charge in [0.1, 0.15) is 0 Å². The molecule has 1 N–H and O–H groups in total. The average molecular weight is 178 g/mol. The summed E-state index contributed by atoms with van der Waals surface area (Å²) in [6.45, 7) is 5.52. The van der Waals surface area contributed by atoms with Gasteiger partial charge >= 0.3 is 0 Å². The quantitative estimate of drug-likeness (QED) is 0.647. The van der Waals surface area contributed by atoms with E-state index in [-0.39, 0.29) is 0 Å². The van der Waals surface area contributed by atoms with Crippen LogP contribution < -0.4 is 5.32 Å². The first kappa shape index (κ1) is 10.2. The molecule has 1 aliphatic heterocycles. The van der Waals surface area contributed by atoms with E-state index < -0.39 is 0 Å². The van der Waals surface area contributed by atoms with Gasteiger partial charge in [0.05, 0.1) is 0 Å². The number of nitrogens with zero attached hydrogens (tertiary/aromatic N) is 1. The third kappa shape index (κ3) is 4.65. The summed E-state index contributed by atoms with van der Waals surface area (Å²) >= 11 is 0. The largest absolute Gasteiger partial charge is 0.303 e. The van der Waals surface area contributed by atoms with Crippen molar-refractivity contribution in [1.29, 1.82) is 0 Å². The summed E-state index contributed by atoms with van der Waals surface area (Å²) in [4.78, 5) is 2.25. The first-order valence-corrected chi connectivity index (χ1v) is 4.70. The summed E-state index contributed by atoms with van der Waals surface area (Å²) in [6, 6.07) is 10.3. The highest BCUT2D eigenvalue weighted by molar-refractivity contribution is 5.11. The lowest BCUT2D eigenvalue weighted by atomic mass is 10.2. The fourth-order valence-corrected chi connectivity index (χ4v) is 1.15. The van der Waals surface area contributed by atoms with Crippen molar-refractivity contribution in [1.82, 2.24) is 10.2 Å². The van der Waals surface area contributed by atoms with Crippen LogP contribution in [0.25, 0.3) is 0 Å². The standard InChI is InChI=1S/C7H8.C4H10N2/c1-7-5-3-2-4-6-7;1-6-3-2-5-4-6/h2-6H,1H3;5H,2-4H2,1H3. The van der Waals surface area contributed by atoms with Crippen LogP contribution in [-0.4, -0.2) is 31.7 Å². The van der Waals surface area contributed by atoms with Crippen molar-refractivity contribution >= 4 is 0 Å². The molecule has 0 spiro atoms. The molecule has 0 aromatic heterocycles. The predicted molar refractivity (Wildman–Crippen MR) is 56.7 cm³/mol. The van der Waals surface area contributed by atoms with Crippen LogP contribution in [0, 0.1) is 6.92 Å². The molecule has 0 unspecified atom stereocenters. The maximum atomic E-state index is 3.20. The van der Waals surface area contributed by atoms with E-state index >= 15 is 0 Å². The van der Waals surface area contributed by atoms with Gasteiger partial charge in [0.2, 0.25) is 0 Å². The fraction of sp³-hybridized carbons (Fsp3) is 0.455. The molecular formula is C11H18N2. The highest BCUT2D eigenvalue weighted by Gasteiger charge is 2.01. The minimum absolute atomic E-state index is 1.07. The van der Waals surface area contributed by atoms with E-state index in [1.807, 2.05) is 18.2 Å². The number of hydrogen-bond donors (Lipinski definition) is 1. The molecule has 1 saturated heterocycles. The fourth-order valence-electron chi connectivity index (χ4n) is 1.15. The Kier molecular flexibility index (Phi) is 4.50. The Morgan fingerprint density at radius 2 is 1.92 bits per heavy atom. The van der Waals surface area contributed by atoms with Crippen LogP contribution in [0.15, 0.2) is 30.3 Å². The summed E-state index contributed by atoms with van der Waals surface area (Å²) in [6.07, 6.45) is 0. The Hall–Kier alpha value is -0.860. The third-order valence-corrected chi connectivity index (χ3v) is 1.99. The molecule has 13 heavy (non-hydrogen) atoms. The molecule has 2 nitrogen and oxygen atoms in total. The topological polar surface area (TPSA) is 15.3 Å². The Labute approximate surface area is 80.6 Å². The lowest BCUT2D eigenvalue weighted by Gasteiger charge is -1.99. The molecule has 2 heteroatoms. The minimum Gasteiger partial charge on any atom is -0.303 e. The molecule has 0 aliphatic carbocycles. The summed E-state index contributed by atoms with van der Waals surface area (Å²) in [5, 5.41) is 3.20. The van der Waals surface area contributed by atoms with Crippen molar-refractivity contribution in [2.24, 2.45) is 0 Å².